The molecular weight excluding hydrogens is 432 g/mol. The second kappa shape index (κ2) is 8.41. The Morgan fingerprint density at radius 3 is 2.55 bits per heavy atom. The zero-order valence-corrected chi connectivity index (χ0v) is 18.2. The van der Waals surface area contributed by atoms with Gasteiger partial charge >= 0.3 is 6.03 Å². The average molecular weight is 457 g/mol. The Hall–Kier alpha value is -2.61. The van der Waals surface area contributed by atoms with Crippen molar-refractivity contribution in [2.75, 3.05) is 28.6 Å². The Labute approximate surface area is 179 Å². The Bertz CT molecular complexity index is 915. The SMILES string of the molecule is CC1C=CC(C)N1c1nc(Nc2cccc(NC(=O)N3CCCC3)c2)ncc1Br. The molecule has 0 spiro atoms. The van der Waals surface area contributed by atoms with E-state index in [0.717, 1.165) is 47.6 Å². The predicted molar refractivity (Wildman–Crippen MR) is 120 cm³/mol. The molecule has 152 valence electrons. The number of carbonyl (C=O) groups excluding carboxylic acids is 1. The van der Waals surface area contributed by atoms with Crippen LogP contribution in [0.2, 0.25) is 0 Å². The summed E-state index contributed by atoms with van der Waals surface area (Å²) in [5, 5.41) is 6.22. The van der Waals surface area contributed by atoms with Crippen LogP contribution in [0.25, 0.3) is 0 Å². The number of hydrogen-bond acceptors (Lipinski definition) is 5. The van der Waals surface area contributed by atoms with Crippen molar-refractivity contribution in [3.05, 3.63) is 47.1 Å². The van der Waals surface area contributed by atoms with E-state index >= 15 is 0 Å². The molecule has 29 heavy (non-hydrogen) atoms. The van der Waals surface area contributed by atoms with Gasteiger partial charge in [-0.2, -0.15) is 4.98 Å². The van der Waals surface area contributed by atoms with Crippen LogP contribution in [0, 0.1) is 0 Å². The lowest BCUT2D eigenvalue weighted by Crippen LogP contribution is -2.34. The van der Waals surface area contributed by atoms with E-state index in [-0.39, 0.29) is 18.1 Å². The molecule has 0 radical (unpaired) electrons. The smallest absolute Gasteiger partial charge is 0.321 e. The van der Waals surface area contributed by atoms with Gasteiger partial charge < -0.3 is 20.4 Å². The molecule has 3 heterocycles. The fourth-order valence-corrected chi connectivity index (χ4v) is 4.19. The van der Waals surface area contributed by atoms with E-state index in [1.54, 1.807) is 6.20 Å². The van der Waals surface area contributed by atoms with Gasteiger partial charge in [-0.3, -0.25) is 0 Å². The van der Waals surface area contributed by atoms with Gasteiger partial charge in [0.25, 0.3) is 0 Å². The average Bonchev–Trinajstić information content (AvgIpc) is 3.34. The second-order valence-electron chi connectivity index (χ2n) is 7.47. The first-order valence-corrected chi connectivity index (χ1v) is 10.7. The molecule has 0 saturated carbocycles. The molecule has 2 unspecified atom stereocenters. The Kier molecular flexibility index (Phi) is 5.71. The van der Waals surface area contributed by atoms with Gasteiger partial charge in [-0.15, -0.1) is 0 Å². The minimum absolute atomic E-state index is 0.0497. The summed E-state index contributed by atoms with van der Waals surface area (Å²) < 4.78 is 0.858. The summed E-state index contributed by atoms with van der Waals surface area (Å²) in [6.07, 6.45) is 8.27. The zero-order valence-electron chi connectivity index (χ0n) is 16.6. The van der Waals surface area contributed by atoms with Crippen LogP contribution >= 0.6 is 15.9 Å². The van der Waals surface area contributed by atoms with Crippen LogP contribution in [0.4, 0.5) is 27.9 Å². The molecule has 2 N–H and O–H groups in total. The van der Waals surface area contributed by atoms with Gasteiger partial charge in [0, 0.05) is 42.7 Å². The minimum atomic E-state index is -0.0497. The van der Waals surface area contributed by atoms with Gasteiger partial charge in [0.15, 0.2) is 0 Å². The molecule has 2 aliphatic rings. The molecule has 2 aromatic rings. The fourth-order valence-electron chi connectivity index (χ4n) is 3.79. The molecule has 1 fully saturated rings. The second-order valence-corrected chi connectivity index (χ2v) is 8.32. The lowest BCUT2D eigenvalue weighted by molar-refractivity contribution is 0.222. The molecule has 1 aromatic heterocycles. The number of amides is 2. The molecular formula is C21H25BrN6O. The van der Waals surface area contributed by atoms with Crippen molar-refractivity contribution in [2.45, 2.75) is 38.8 Å². The van der Waals surface area contributed by atoms with E-state index in [0.29, 0.717) is 5.95 Å². The number of hydrogen-bond donors (Lipinski definition) is 2. The number of nitrogens with one attached hydrogen (secondary N) is 2. The largest absolute Gasteiger partial charge is 0.343 e. The Morgan fingerprint density at radius 2 is 1.83 bits per heavy atom. The predicted octanol–water partition coefficient (Wildman–Crippen LogP) is 4.76. The van der Waals surface area contributed by atoms with Crippen molar-refractivity contribution in [2.24, 2.45) is 0 Å². The van der Waals surface area contributed by atoms with E-state index in [9.17, 15) is 4.79 Å². The summed E-state index contributed by atoms with van der Waals surface area (Å²) in [5.74, 6) is 1.36. The van der Waals surface area contributed by atoms with Gasteiger partial charge in [0.2, 0.25) is 5.95 Å². The van der Waals surface area contributed by atoms with Crippen molar-refractivity contribution in [1.29, 1.82) is 0 Å². The van der Waals surface area contributed by atoms with Crippen LogP contribution < -0.4 is 15.5 Å². The van der Waals surface area contributed by atoms with Crippen molar-refractivity contribution in [1.82, 2.24) is 14.9 Å². The van der Waals surface area contributed by atoms with Crippen LogP contribution in [-0.2, 0) is 0 Å². The van der Waals surface area contributed by atoms with Crippen LogP contribution in [0.5, 0.6) is 0 Å². The standard InChI is InChI=1S/C21H25BrN6O/c1-14-8-9-15(2)28(14)19-18(22)13-23-20(26-19)24-16-6-5-7-17(12-16)25-21(29)27-10-3-4-11-27/h5-9,12-15H,3-4,10-11H2,1-2H3,(H,25,29)(H,23,24,26). The summed E-state index contributed by atoms with van der Waals surface area (Å²) in [6.45, 7) is 5.94. The lowest BCUT2D eigenvalue weighted by atomic mass is 10.3. The van der Waals surface area contributed by atoms with E-state index in [1.807, 2.05) is 29.2 Å². The third kappa shape index (κ3) is 4.37. The van der Waals surface area contributed by atoms with Crippen LogP contribution in [-0.4, -0.2) is 46.1 Å². The molecule has 1 saturated heterocycles. The molecule has 2 aliphatic heterocycles. The number of carbonyl (C=O) groups is 1. The number of urea groups is 1. The molecule has 0 aliphatic carbocycles. The topological polar surface area (TPSA) is 73.4 Å². The zero-order chi connectivity index (χ0) is 20.4. The number of aromatic nitrogens is 2. The van der Waals surface area contributed by atoms with Gasteiger partial charge in [-0.05, 0) is 60.8 Å². The maximum Gasteiger partial charge on any atom is 0.321 e. The first-order chi connectivity index (χ1) is 14.0. The fraction of sp³-hybridized carbons (Fsp3) is 0.381. The quantitative estimate of drug-likeness (QED) is 0.648. The molecule has 4 rings (SSSR count). The summed E-state index contributed by atoms with van der Waals surface area (Å²) in [7, 11) is 0. The Balaban J connectivity index is 1.49. The summed E-state index contributed by atoms with van der Waals surface area (Å²) >= 11 is 3.58. The highest BCUT2D eigenvalue weighted by Crippen LogP contribution is 2.31. The number of benzene rings is 1. The van der Waals surface area contributed by atoms with Crippen molar-refractivity contribution in [3.63, 3.8) is 0 Å². The van der Waals surface area contributed by atoms with Crippen molar-refractivity contribution in [3.8, 4) is 0 Å². The van der Waals surface area contributed by atoms with Crippen LogP contribution in [0.15, 0.2) is 47.1 Å². The molecule has 2 atom stereocenters. The van der Waals surface area contributed by atoms with Gasteiger partial charge in [-0.1, -0.05) is 18.2 Å². The number of likely N-dealkylation sites (tertiary alicyclic amines) is 1. The Morgan fingerprint density at radius 1 is 1.14 bits per heavy atom. The first-order valence-electron chi connectivity index (χ1n) is 9.93. The third-order valence-corrected chi connectivity index (χ3v) is 5.84. The normalized spacial score (nSPS) is 20.9. The van der Waals surface area contributed by atoms with Gasteiger partial charge in [0.05, 0.1) is 4.47 Å². The molecule has 2 amide bonds. The lowest BCUT2D eigenvalue weighted by Gasteiger charge is -2.28. The molecule has 0 bridgehead atoms. The molecule has 7 nitrogen and oxygen atoms in total. The number of anilines is 4. The highest BCUT2D eigenvalue weighted by Gasteiger charge is 2.26. The summed E-state index contributed by atoms with van der Waals surface area (Å²) in [4.78, 5) is 25.5. The number of halogens is 1. The minimum Gasteiger partial charge on any atom is -0.343 e. The highest BCUT2D eigenvalue weighted by atomic mass is 79.9. The number of nitrogens with zero attached hydrogens (tertiary/aromatic N) is 4. The summed E-state index contributed by atoms with van der Waals surface area (Å²) in [6, 6.07) is 8.09. The molecule has 8 heteroatoms. The van der Waals surface area contributed by atoms with E-state index in [2.05, 4.69) is 62.4 Å². The summed E-state index contributed by atoms with van der Waals surface area (Å²) in [5.41, 5.74) is 1.56. The van der Waals surface area contributed by atoms with E-state index in [1.165, 1.54) is 0 Å². The van der Waals surface area contributed by atoms with Crippen LogP contribution in [0.3, 0.4) is 0 Å². The van der Waals surface area contributed by atoms with Crippen molar-refractivity contribution < 1.29 is 4.79 Å². The number of rotatable bonds is 4. The molecule has 1 aromatic carbocycles. The third-order valence-electron chi connectivity index (χ3n) is 5.28. The highest BCUT2D eigenvalue weighted by molar-refractivity contribution is 9.10. The van der Waals surface area contributed by atoms with Gasteiger partial charge in [-0.25, -0.2) is 9.78 Å². The van der Waals surface area contributed by atoms with Crippen molar-refractivity contribution >= 4 is 45.1 Å². The maximum atomic E-state index is 12.3. The maximum absolute atomic E-state index is 12.3. The van der Waals surface area contributed by atoms with Gasteiger partial charge in [0.1, 0.15) is 5.82 Å². The van der Waals surface area contributed by atoms with Crippen LogP contribution in [0.1, 0.15) is 26.7 Å². The van der Waals surface area contributed by atoms with E-state index < -0.39 is 0 Å². The first kappa shape index (κ1) is 19.7. The van der Waals surface area contributed by atoms with E-state index in [4.69, 9.17) is 4.98 Å². The monoisotopic (exact) mass is 456 g/mol.